The van der Waals surface area contributed by atoms with E-state index in [4.69, 9.17) is 0 Å². The largest absolute Gasteiger partial charge is 0.348 e. The normalized spacial score (nSPS) is 22.2. The fraction of sp³-hybridized carbons (Fsp3) is 0.526. The summed E-state index contributed by atoms with van der Waals surface area (Å²) in [6.45, 7) is 3.44. The van der Waals surface area contributed by atoms with E-state index in [1.165, 1.54) is 11.0 Å². The van der Waals surface area contributed by atoms with E-state index in [1.807, 2.05) is 0 Å². The quantitative estimate of drug-likeness (QED) is 0.500. The molecule has 1 aromatic rings. The monoisotopic (exact) mass is 420 g/mol. The van der Waals surface area contributed by atoms with Crippen molar-refractivity contribution in [1.82, 2.24) is 14.9 Å². The Morgan fingerprint density at radius 3 is 2.66 bits per heavy atom. The highest BCUT2D eigenvalue weighted by Crippen LogP contribution is 2.22. The molecule has 156 valence electrons. The molecule has 3 aliphatic rings. The van der Waals surface area contributed by atoms with Crippen LogP contribution in [0.15, 0.2) is 34.2 Å². The smallest absolute Gasteiger partial charge is 0.275 e. The Labute approximate surface area is 170 Å². The van der Waals surface area contributed by atoms with Crippen molar-refractivity contribution in [3.8, 4) is 0 Å². The number of sulfonamides is 1. The SMILES string of the molecule is O=C(C[NH+]1CCN(C(=O)CCN=C2NS(=O)(=O)c3ccccc32)CC1)NC1CC1. The molecule has 1 saturated carbocycles. The zero-order chi connectivity index (χ0) is 20.4. The number of carbonyl (C=O) groups is 2. The lowest BCUT2D eigenvalue weighted by molar-refractivity contribution is -0.896. The highest BCUT2D eigenvalue weighted by atomic mass is 32.2. The topological polar surface area (TPSA) is 112 Å². The third kappa shape index (κ3) is 4.76. The van der Waals surface area contributed by atoms with Gasteiger partial charge >= 0.3 is 0 Å². The predicted molar refractivity (Wildman–Crippen MR) is 106 cm³/mol. The van der Waals surface area contributed by atoms with Crippen LogP contribution in [0.25, 0.3) is 0 Å². The Morgan fingerprint density at radius 2 is 1.93 bits per heavy atom. The second-order valence-corrected chi connectivity index (χ2v) is 9.38. The summed E-state index contributed by atoms with van der Waals surface area (Å²) in [5.41, 5.74) is 0.543. The summed E-state index contributed by atoms with van der Waals surface area (Å²) in [5.74, 6) is 0.395. The van der Waals surface area contributed by atoms with Gasteiger partial charge in [-0.1, -0.05) is 12.1 Å². The number of quaternary nitrogens is 1. The summed E-state index contributed by atoms with van der Waals surface area (Å²) in [6, 6.07) is 7.05. The first-order valence-corrected chi connectivity index (χ1v) is 11.5. The van der Waals surface area contributed by atoms with Crippen LogP contribution in [0.2, 0.25) is 0 Å². The second kappa shape index (κ2) is 8.11. The third-order valence-electron chi connectivity index (χ3n) is 5.43. The van der Waals surface area contributed by atoms with Crippen LogP contribution in [0.3, 0.4) is 0 Å². The summed E-state index contributed by atoms with van der Waals surface area (Å²) in [7, 11) is -3.56. The van der Waals surface area contributed by atoms with E-state index in [9.17, 15) is 18.0 Å². The molecular weight excluding hydrogens is 394 g/mol. The first-order valence-electron chi connectivity index (χ1n) is 10.00. The molecule has 0 atom stereocenters. The molecule has 3 N–H and O–H groups in total. The lowest BCUT2D eigenvalue weighted by atomic mass is 10.2. The van der Waals surface area contributed by atoms with Crippen LogP contribution in [-0.2, 0) is 19.6 Å². The summed E-state index contributed by atoms with van der Waals surface area (Å²) in [5, 5.41) is 3.00. The number of nitrogens with one attached hydrogen (secondary N) is 3. The molecule has 0 bridgehead atoms. The lowest BCUT2D eigenvalue weighted by Gasteiger charge is -2.31. The summed E-state index contributed by atoms with van der Waals surface area (Å²) >= 11 is 0. The van der Waals surface area contributed by atoms with Crippen molar-refractivity contribution in [3.63, 3.8) is 0 Å². The zero-order valence-corrected chi connectivity index (χ0v) is 17.0. The first kappa shape index (κ1) is 19.8. The molecule has 1 aromatic carbocycles. The van der Waals surface area contributed by atoms with Gasteiger partial charge in [-0.15, -0.1) is 0 Å². The van der Waals surface area contributed by atoms with Gasteiger partial charge in [0.1, 0.15) is 5.84 Å². The van der Waals surface area contributed by atoms with Crippen LogP contribution >= 0.6 is 0 Å². The van der Waals surface area contributed by atoms with Crippen LogP contribution in [0.4, 0.5) is 0 Å². The van der Waals surface area contributed by atoms with Gasteiger partial charge in [0.15, 0.2) is 6.54 Å². The van der Waals surface area contributed by atoms with Gasteiger partial charge in [-0.05, 0) is 25.0 Å². The number of amidine groups is 1. The van der Waals surface area contributed by atoms with E-state index >= 15 is 0 Å². The van der Waals surface area contributed by atoms with Gasteiger partial charge in [0.25, 0.3) is 15.9 Å². The van der Waals surface area contributed by atoms with Gasteiger partial charge in [-0.3, -0.25) is 19.3 Å². The van der Waals surface area contributed by atoms with Crippen LogP contribution in [0, 0.1) is 0 Å². The van der Waals surface area contributed by atoms with E-state index in [2.05, 4.69) is 15.0 Å². The number of aliphatic imine (C=N–C) groups is 1. The number of fused-ring (bicyclic) bond motifs is 1. The third-order valence-corrected chi connectivity index (χ3v) is 6.83. The summed E-state index contributed by atoms with van der Waals surface area (Å²) < 4.78 is 26.6. The molecule has 0 radical (unpaired) electrons. The first-order chi connectivity index (χ1) is 13.9. The molecule has 2 aliphatic heterocycles. The number of carbonyl (C=O) groups excluding carboxylic acids is 2. The fourth-order valence-corrected chi connectivity index (χ4v) is 4.91. The van der Waals surface area contributed by atoms with Gasteiger partial charge in [-0.2, -0.15) is 0 Å². The Kier molecular flexibility index (Phi) is 5.55. The summed E-state index contributed by atoms with van der Waals surface area (Å²) in [6.07, 6.45) is 2.39. The molecule has 2 heterocycles. The minimum Gasteiger partial charge on any atom is -0.348 e. The maximum absolute atomic E-state index is 12.5. The average molecular weight is 421 g/mol. The van der Waals surface area contributed by atoms with E-state index in [0.29, 0.717) is 37.1 Å². The second-order valence-electron chi connectivity index (χ2n) is 7.73. The fourth-order valence-electron chi connectivity index (χ4n) is 3.66. The number of piperazine rings is 1. The minimum atomic E-state index is -3.56. The van der Waals surface area contributed by atoms with Crippen LogP contribution in [0.5, 0.6) is 0 Å². The number of rotatable bonds is 6. The molecule has 0 aromatic heterocycles. The Morgan fingerprint density at radius 1 is 1.21 bits per heavy atom. The molecule has 2 amide bonds. The van der Waals surface area contributed by atoms with Crippen molar-refractivity contribution < 1.29 is 22.9 Å². The van der Waals surface area contributed by atoms with Crippen molar-refractivity contribution >= 4 is 27.7 Å². The zero-order valence-electron chi connectivity index (χ0n) is 16.2. The number of benzene rings is 1. The molecule has 9 nitrogen and oxygen atoms in total. The van der Waals surface area contributed by atoms with Gasteiger partial charge in [-0.25, -0.2) is 8.42 Å². The maximum Gasteiger partial charge on any atom is 0.275 e. The van der Waals surface area contributed by atoms with E-state index in [-0.39, 0.29) is 29.7 Å². The molecule has 0 unspecified atom stereocenters. The lowest BCUT2D eigenvalue weighted by Crippen LogP contribution is -3.15. The van der Waals surface area contributed by atoms with Crippen molar-refractivity contribution in [2.45, 2.75) is 30.2 Å². The average Bonchev–Trinajstić information content (AvgIpc) is 3.47. The van der Waals surface area contributed by atoms with Gasteiger partial charge in [0, 0.05) is 18.0 Å². The molecule has 0 spiro atoms. The maximum atomic E-state index is 12.5. The molecule has 29 heavy (non-hydrogen) atoms. The van der Waals surface area contributed by atoms with Crippen LogP contribution in [0.1, 0.15) is 24.8 Å². The Bertz CT molecular complexity index is 934. The van der Waals surface area contributed by atoms with E-state index < -0.39 is 10.0 Å². The number of hydrogen-bond acceptors (Lipinski definition) is 5. The Balaban J connectivity index is 1.24. The van der Waals surface area contributed by atoms with Crippen molar-refractivity contribution in [3.05, 3.63) is 29.8 Å². The van der Waals surface area contributed by atoms with Gasteiger partial charge in [0.2, 0.25) is 5.91 Å². The molecule has 1 saturated heterocycles. The van der Waals surface area contributed by atoms with Crippen molar-refractivity contribution in [2.24, 2.45) is 4.99 Å². The highest BCUT2D eigenvalue weighted by molar-refractivity contribution is 7.90. The Hall–Kier alpha value is -2.46. The molecule has 10 heteroatoms. The summed E-state index contributed by atoms with van der Waals surface area (Å²) in [4.78, 5) is 31.9. The predicted octanol–water partition coefficient (Wildman–Crippen LogP) is -1.88. The van der Waals surface area contributed by atoms with Crippen LogP contribution in [-0.4, -0.2) is 76.3 Å². The standard InChI is InChI=1S/C19H25N5O4S/c25-17(21-14-5-6-14)13-23-9-11-24(12-10-23)18(26)7-8-20-19-15-3-1-2-4-16(15)29(27,28)22-19/h1-4,14H,5-13H2,(H,20,22)(H,21,25)/p+1. The number of nitrogens with zero attached hydrogens (tertiary/aromatic N) is 2. The minimum absolute atomic E-state index is 0.00460. The molecular formula is C19H26N5O4S+. The van der Waals surface area contributed by atoms with Gasteiger partial charge in [0.05, 0.1) is 37.6 Å². The van der Waals surface area contributed by atoms with E-state index in [1.54, 1.807) is 23.1 Å². The number of amides is 2. The van der Waals surface area contributed by atoms with Crippen LogP contribution < -0.4 is 14.9 Å². The molecule has 1 aliphatic carbocycles. The van der Waals surface area contributed by atoms with E-state index in [0.717, 1.165) is 25.9 Å². The molecule has 2 fully saturated rings. The van der Waals surface area contributed by atoms with Crippen molar-refractivity contribution in [2.75, 3.05) is 39.3 Å². The molecule has 4 rings (SSSR count). The number of hydrogen-bond donors (Lipinski definition) is 3. The van der Waals surface area contributed by atoms with Crippen molar-refractivity contribution in [1.29, 1.82) is 0 Å². The highest BCUT2D eigenvalue weighted by Gasteiger charge is 2.31. The van der Waals surface area contributed by atoms with Gasteiger partial charge < -0.3 is 15.1 Å².